The minimum atomic E-state index is -2.88. The van der Waals surface area contributed by atoms with Crippen LogP contribution in [0, 0.1) is 0 Å². The summed E-state index contributed by atoms with van der Waals surface area (Å²) in [4.78, 5) is 21.4. The quantitative estimate of drug-likeness (QED) is 0.625. The summed E-state index contributed by atoms with van der Waals surface area (Å²) >= 11 is 0. The summed E-state index contributed by atoms with van der Waals surface area (Å²) in [6.45, 7) is -3.38. The molecule has 0 aliphatic heterocycles. The molecule has 1 amide bonds. The van der Waals surface area contributed by atoms with E-state index >= 15 is 0 Å². The van der Waals surface area contributed by atoms with Crippen molar-refractivity contribution in [3.8, 4) is 5.75 Å². The largest absolute Gasteiger partial charge is 0.452 e. The van der Waals surface area contributed by atoms with Crippen molar-refractivity contribution < 1.29 is 27.8 Å². The molecule has 0 saturated heterocycles. The third kappa shape index (κ3) is 6.16. The molecule has 1 aromatic rings. The average Bonchev–Trinajstić information content (AvgIpc) is 2.35. The molecule has 0 saturated carbocycles. The zero-order valence-corrected chi connectivity index (χ0v) is 9.71. The molecule has 0 unspecified atom stereocenters. The molecule has 0 radical (unpaired) electrons. The molecule has 0 bridgehead atoms. The summed E-state index contributed by atoms with van der Waals surface area (Å²) in [5, 5.41) is 0. The van der Waals surface area contributed by atoms with Gasteiger partial charge in [-0.25, -0.2) is 4.79 Å². The highest BCUT2D eigenvalue weighted by Gasteiger charge is 2.03. The van der Waals surface area contributed by atoms with Crippen LogP contribution in [-0.4, -0.2) is 25.1 Å². The predicted molar refractivity (Wildman–Crippen MR) is 62.3 cm³/mol. The summed E-state index contributed by atoms with van der Waals surface area (Å²) in [6, 6.07) is 5.63. The zero-order valence-electron chi connectivity index (χ0n) is 9.71. The number of ether oxygens (including phenoxy) is 2. The normalized spacial score (nSPS) is 10.7. The van der Waals surface area contributed by atoms with Crippen molar-refractivity contribution in [1.82, 2.24) is 0 Å². The number of carbonyl (C=O) groups is 2. The van der Waals surface area contributed by atoms with Gasteiger partial charge in [0, 0.05) is 6.08 Å². The Balaban J connectivity index is 2.52. The minimum Gasteiger partial charge on any atom is -0.452 e. The van der Waals surface area contributed by atoms with Crippen LogP contribution in [0.5, 0.6) is 5.75 Å². The van der Waals surface area contributed by atoms with Crippen LogP contribution in [0.4, 0.5) is 8.78 Å². The van der Waals surface area contributed by atoms with Gasteiger partial charge in [-0.15, -0.1) is 0 Å². The number of halogens is 2. The molecule has 0 atom stereocenters. The maximum Gasteiger partial charge on any atom is 0.387 e. The van der Waals surface area contributed by atoms with Crippen molar-refractivity contribution in [2.75, 3.05) is 6.61 Å². The first-order valence-electron chi connectivity index (χ1n) is 5.15. The van der Waals surface area contributed by atoms with Gasteiger partial charge in [-0.05, 0) is 23.8 Å². The molecule has 19 heavy (non-hydrogen) atoms. The number of nitrogens with two attached hydrogens (primary N) is 1. The van der Waals surface area contributed by atoms with Gasteiger partial charge >= 0.3 is 12.6 Å². The first-order valence-corrected chi connectivity index (χ1v) is 5.15. The van der Waals surface area contributed by atoms with Crippen LogP contribution in [0.25, 0.3) is 6.08 Å². The Bertz CT molecular complexity index is 471. The van der Waals surface area contributed by atoms with Crippen molar-refractivity contribution in [3.63, 3.8) is 0 Å². The molecule has 0 aliphatic carbocycles. The monoisotopic (exact) mass is 271 g/mol. The van der Waals surface area contributed by atoms with Gasteiger partial charge in [-0.1, -0.05) is 12.1 Å². The number of rotatable bonds is 6. The fraction of sp³-hybridized carbons (Fsp3) is 0.167. The van der Waals surface area contributed by atoms with Gasteiger partial charge < -0.3 is 15.2 Å². The predicted octanol–water partition coefficient (Wildman–Crippen LogP) is 1.33. The van der Waals surface area contributed by atoms with Gasteiger partial charge in [0.15, 0.2) is 6.61 Å². The van der Waals surface area contributed by atoms with E-state index in [2.05, 4.69) is 9.47 Å². The van der Waals surface area contributed by atoms with E-state index < -0.39 is 25.1 Å². The van der Waals surface area contributed by atoms with E-state index in [1.807, 2.05) is 0 Å². The Morgan fingerprint density at radius 2 is 1.89 bits per heavy atom. The Kier molecular flexibility index (Phi) is 5.46. The summed E-state index contributed by atoms with van der Waals surface area (Å²) in [7, 11) is 0. The molecule has 0 spiro atoms. The molecular formula is C12H11F2NO4. The maximum atomic E-state index is 11.9. The molecule has 1 aromatic carbocycles. The van der Waals surface area contributed by atoms with E-state index in [0.717, 1.165) is 6.08 Å². The SMILES string of the molecule is NC(=O)COC(=O)/C=C/c1ccc(OC(F)F)cc1. The molecule has 0 aromatic heterocycles. The topological polar surface area (TPSA) is 78.6 Å². The standard InChI is InChI=1S/C12H11F2NO4/c13-12(14)19-9-4-1-8(2-5-9)3-6-11(17)18-7-10(15)16/h1-6,12H,7H2,(H2,15,16)/b6-3+. The second-order valence-corrected chi connectivity index (χ2v) is 3.35. The van der Waals surface area contributed by atoms with Crippen LogP contribution < -0.4 is 10.5 Å². The number of alkyl halides is 2. The summed E-state index contributed by atoms with van der Waals surface area (Å²) in [5.41, 5.74) is 5.37. The van der Waals surface area contributed by atoms with Crippen molar-refractivity contribution >= 4 is 18.0 Å². The molecule has 102 valence electrons. The molecular weight excluding hydrogens is 260 g/mol. The number of carbonyl (C=O) groups excluding carboxylic acids is 2. The van der Waals surface area contributed by atoms with E-state index in [1.165, 1.54) is 30.3 Å². The first-order chi connectivity index (χ1) is 8.97. The Hall–Kier alpha value is -2.44. The van der Waals surface area contributed by atoms with Crippen molar-refractivity contribution in [2.45, 2.75) is 6.61 Å². The Labute approximate surface area is 107 Å². The lowest BCUT2D eigenvalue weighted by Gasteiger charge is -2.03. The number of esters is 1. The van der Waals surface area contributed by atoms with Crippen LogP contribution in [0.3, 0.4) is 0 Å². The van der Waals surface area contributed by atoms with E-state index in [0.29, 0.717) is 5.56 Å². The zero-order chi connectivity index (χ0) is 14.3. The van der Waals surface area contributed by atoms with Crippen LogP contribution in [0.2, 0.25) is 0 Å². The highest BCUT2D eigenvalue weighted by atomic mass is 19.3. The fourth-order valence-electron chi connectivity index (χ4n) is 1.12. The Morgan fingerprint density at radius 3 is 2.42 bits per heavy atom. The lowest BCUT2D eigenvalue weighted by atomic mass is 10.2. The van der Waals surface area contributed by atoms with Crippen LogP contribution >= 0.6 is 0 Å². The summed E-state index contributed by atoms with van der Waals surface area (Å²) < 4.78 is 32.4. The third-order valence-electron chi connectivity index (χ3n) is 1.87. The van der Waals surface area contributed by atoms with E-state index in [-0.39, 0.29) is 5.75 Å². The van der Waals surface area contributed by atoms with Gasteiger partial charge in [0.1, 0.15) is 5.75 Å². The van der Waals surface area contributed by atoms with Gasteiger partial charge in [0.05, 0.1) is 0 Å². The van der Waals surface area contributed by atoms with Gasteiger partial charge in [-0.3, -0.25) is 4.79 Å². The second kappa shape index (κ2) is 7.10. The molecule has 0 heterocycles. The smallest absolute Gasteiger partial charge is 0.387 e. The summed E-state index contributed by atoms with van der Waals surface area (Å²) in [5.74, 6) is -1.47. The minimum absolute atomic E-state index is 0.0171. The fourth-order valence-corrected chi connectivity index (χ4v) is 1.12. The van der Waals surface area contributed by atoms with E-state index in [1.54, 1.807) is 0 Å². The lowest BCUT2D eigenvalue weighted by Crippen LogP contribution is -2.19. The highest BCUT2D eigenvalue weighted by Crippen LogP contribution is 2.15. The maximum absolute atomic E-state index is 11.9. The van der Waals surface area contributed by atoms with Crippen LogP contribution in [0.1, 0.15) is 5.56 Å². The van der Waals surface area contributed by atoms with Gasteiger partial charge in [0.25, 0.3) is 5.91 Å². The second-order valence-electron chi connectivity index (χ2n) is 3.35. The number of primary amides is 1. The van der Waals surface area contributed by atoms with Crippen LogP contribution in [0.15, 0.2) is 30.3 Å². The van der Waals surface area contributed by atoms with Crippen LogP contribution in [-0.2, 0) is 14.3 Å². The average molecular weight is 271 g/mol. The molecule has 2 N–H and O–H groups in total. The number of amides is 1. The van der Waals surface area contributed by atoms with Crippen molar-refractivity contribution in [1.29, 1.82) is 0 Å². The highest BCUT2D eigenvalue weighted by molar-refractivity contribution is 5.88. The van der Waals surface area contributed by atoms with Gasteiger partial charge in [-0.2, -0.15) is 8.78 Å². The molecule has 5 nitrogen and oxygen atoms in total. The number of hydrogen-bond acceptors (Lipinski definition) is 4. The number of hydrogen-bond donors (Lipinski definition) is 1. The number of benzene rings is 1. The Morgan fingerprint density at radius 1 is 1.26 bits per heavy atom. The molecule has 0 aliphatic rings. The van der Waals surface area contributed by atoms with Gasteiger partial charge in [0.2, 0.25) is 0 Å². The van der Waals surface area contributed by atoms with E-state index in [4.69, 9.17) is 5.73 Å². The van der Waals surface area contributed by atoms with Crippen molar-refractivity contribution in [3.05, 3.63) is 35.9 Å². The lowest BCUT2D eigenvalue weighted by molar-refractivity contribution is -0.142. The first kappa shape index (κ1) is 14.6. The third-order valence-corrected chi connectivity index (χ3v) is 1.87. The van der Waals surface area contributed by atoms with E-state index in [9.17, 15) is 18.4 Å². The molecule has 1 rings (SSSR count). The molecule has 0 fully saturated rings. The summed E-state index contributed by atoms with van der Waals surface area (Å²) in [6.07, 6.45) is 2.49. The van der Waals surface area contributed by atoms with Crippen molar-refractivity contribution in [2.24, 2.45) is 5.73 Å². The molecule has 7 heteroatoms.